The second-order valence-corrected chi connectivity index (χ2v) is 5.03. The fourth-order valence-corrected chi connectivity index (χ4v) is 2.26. The van der Waals surface area contributed by atoms with Gasteiger partial charge in [-0.15, -0.1) is 0 Å². The predicted octanol–water partition coefficient (Wildman–Crippen LogP) is 2.82. The Balaban J connectivity index is 2.62. The number of carbonyl (C=O) groups excluding carboxylic acids is 1. The Labute approximate surface area is 117 Å². The lowest BCUT2D eigenvalue weighted by Gasteiger charge is -2.22. The van der Waals surface area contributed by atoms with Gasteiger partial charge in [0.25, 0.3) is 0 Å². The van der Waals surface area contributed by atoms with Crippen LogP contribution in [0.1, 0.15) is 43.5 Å². The van der Waals surface area contributed by atoms with Crippen LogP contribution in [-0.2, 0) is 4.79 Å². The zero-order valence-corrected chi connectivity index (χ0v) is 12.8. The van der Waals surface area contributed by atoms with E-state index in [-0.39, 0.29) is 11.9 Å². The molecule has 0 radical (unpaired) electrons. The zero-order valence-electron chi connectivity index (χ0n) is 12.8. The lowest BCUT2D eigenvalue weighted by molar-refractivity contribution is -0.129. The highest BCUT2D eigenvalue weighted by molar-refractivity contribution is 5.78. The molecule has 1 amide bonds. The molecule has 3 nitrogen and oxygen atoms in total. The molecule has 1 aromatic rings. The van der Waals surface area contributed by atoms with Crippen molar-refractivity contribution < 1.29 is 4.79 Å². The Hall–Kier alpha value is -1.35. The molecule has 19 heavy (non-hydrogen) atoms. The third-order valence-electron chi connectivity index (χ3n) is 3.58. The first kappa shape index (κ1) is 15.7. The van der Waals surface area contributed by atoms with Crippen molar-refractivity contribution in [1.29, 1.82) is 0 Å². The zero-order chi connectivity index (χ0) is 14.4. The second-order valence-electron chi connectivity index (χ2n) is 5.03. The van der Waals surface area contributed by atoms with Crippen LogP contribution in [0.3, 0.4) is 0 Å². The summed E-state index contributed by atoms with van der Waals surface area (Å²) in [5, 5.41) is 3.32. The molecule has 1 aromatic carbocycles. The van der Waals surface area contributed by atoms with E-state index in [4.69, 9.17) is 0 Å². The number of aryl methyl sites for hydroxylation is 2. The second kappa shape index (κ2) is 7.29. The number of carbonyl (C=O) groups is 1. The van der Waals surface area contributed by atoms with Gasteiger partial charge >= 0.3 is 0 Å². The highest BCUT2D eigenvalue weighted by Gasteiger charge is 2.13. The third kappa shape index (κ3) is 4.35. The quantitative estimate of drug-likeness (QED) is 0.855. The molecule has 0 bridgehead atoms. The third-order valence-corrected chi connectivity index (χ3v) is 3.58. The first-order valence-electron chi connectivity index (χ1n) is 7.07. The molecule has 0 aliphatic carbocycles. The van der Waals surface area contributed by atoms with Crippen molar-refractivity contribution in [3.8, 4) is 0 Å². The van der Waals surface area contributed by atoms with Gasteiger partial charge in [-0.05, 0) is 45.7 Å². The molecule has 0 heterocycles. The first-order valence-corrected chi connectivity index (χ1v) is 7.07. The van der Waals surface area contributed by atoms with Crippen LogP contribution in [-0.4, -0.2) is 30.4 Å². The Bertz CT molecular complexity index is 425. The van der Waals surface area contributed by atoms with Crippen LogP contribution in [0.25, 0.3) is 0 Å². The van der Waals surface area contributed by atoms with Crippen LogP contribution in [0.5, 0.6) is 0 Å². The summed E-state index contributed by atoms with van der Waals surface area (Å²) in [4.78, 5) is 13.8. The van der Waals surface area contributed by atoms with Gasteiger partial charge in [-0.2, -0.15) is 0 Å². The number of benzene rings is 1. The number of rotatable bonds is 6. The van der Waals surface area contributed by atoms with Crippen LogP contribution in [0.2, 0.25) is 0 Å². The summed E-state index contributed by atoms with van der Waals surface area (Å²) in [6.07, 6.45) is 0. The van der Waals surface area contributed by atoms with Crippen molar-refractivity contribution >= 4 is 5.91 Å². The molecule has 1 atom stereocenters. The number of nitrogens with one attached hydrogen (secondary N) is 1. The average molecular weight is 262 g/mol. The van der Waals surface area contributed by atoms with Gasteiger partial charge in [-0.25, -0.2) is 0 Å². The molecule has 1 rings (SSSR count). The van der Waals surface area contributed by atoms with E-state index in [0.29, 0.717) is 6.54 Å². The van der Waals surface area contributed by atoms with Gasteiger partial charge in [0.2, 0.25) is 5.91 Å². The molecule has 0 aliphatic rings. The molecule has 0 aromatic heterocycles. The maximum absolute atomic E-state index is 12.0. The molecule has 0 spiro atoms. The minimum atomic E-state index is 0.169. The van der Waals surface area contributed by atoms with E-state index >= 15 is 0 Å². The number of nitrogens with zero attached hydrogens (tertiary/aromatic N) is 1. The largest absolute Gasteiger partial charge is 0.342 e. The summed E-state index contributed by atoms with van der Waals surface area (Å²) < 4.78 is 0. The molecule has 0 fully saturated rings. The van der Waals surface area contributed by atoms with Gasteiger partial charge in [0.05, 0.1) is 6.54 Å². The van der Waals surface area contributed by atoms with Gasteiger partial charge in [0, 0.05) is 19.1 Å². The van der Waals surface area contributed by atoms with Crippen molar-refractivity contribution in [1.82, 2.24) is 10.2 Å². The molecular formula is C16H26N2O. The topological polar surface area (TPSA) is 32.3 Å². The molecule has 0 saturated heterocycles. The maximum atomic E-state index is 12.0. The summed E-state index contributed by atoms with van der Waals surface area (Å²) in [6.45, 7) is 12.3. The van der Waals surface area contributed by atoms with Crippen molar-refractivity contribution in [2.75, 3.05) is 19.6 Å². The predicted molar refractivity (Wildman–Crippen MR) is 80.3 cm³/mol. The summed E-state index contributed by atoms with van der Waals surface area (Å²) in [7, 11) is 0. The van der Waals surface area contributed by atoms with E-state index in [1.165, 1.54) is 16.7 Å². The van der Waals surface area contributed by atoms with Gasteiger partial charge in [0.1, 0.15) is 0 Å². The van der Waals surface area contributed by atoms with Crippen molar-refractivity contribution in [2.24, 2.45) is 0 Å². The lowest BCUT2D eigenvalue weighted by Crippen LogP contribution is -2.38. The van der Waals surface area contributed by atoms with Crippen LogP contribution in [0.4, 0.5) is 0 Å². The van der Waals surface area contributed by atoms with Crippen molar-refractivity contribution in [2.45, 2.75) is 40.7 Å². The summed E-state index contributed by atoms with van der Waals surface area (Å²) >= 11 is 0. The molecule has 1 unspecified atom stereocenters. The molecule has 0 saturated carbocycles. The fourth-order valence-electron chi connectivity index (χ4n) is 2.26. The van der Waals surface area contributed by atoms with Gasteiger partial charge in [-0.3, -0.25) is 4.79 Å². The van der Waals surface area contributed by atoms with E-state index < -0.39 is 0 Å². The van der Waals surface area contributed by atoms with Gasteiger partial charge in [-0.1, -0.05) is 23.8 Å². The van der Waals surface area contributed by atoms with Gasteiger partial charge < -0.3 is 10.2 Å². The number of hydrogen-bond donors (Lipinski definition) is 1. The average Bonchev–Trinajstić information content (AvgIpc) is 2.40. The molecular weight excluding hydrogens is 236 g/mol. The van der Waals surface area contributed by atoms with E-state index in [1.54, 1.807) is 0 Å². The normalized spacial score (nSPS) is 12.3. The van der Waals surface area contributed by atoms with Gasteiger partial charge in [0.15, 0.2) is 0 Å². The van der Waals surface area contributed by atoms with E-state index in [1.807, 2.05) is 18.7 Å². The van der Waals surface area contributed by atoms with Crippen LogP contribution in [0.15, 0.2) is 18.2 Å². The van der Waals surface area contributed by atoms with E-state index in [0.717, 1.165) is 13.1 Å². The Morgan fingerprint density at radius 1 is 1.26 bits per heavy atom. The molecule has 106 valence electrons. The minimum Gasteiger partial charge on any atom is -0.342 e. The summed E-state index contributed by atoms with van der Waals surface area (Å²) in [5.41, 5.74) is 3.79. The highest BCUT2D eigenvalue weighted by Crippen LogP contribution is 2.18. The van der Waals surface area contributed by atoms with Crippen LogP contribution < -0.4 is 5.32 Å². The molecule has 1 N–H and O–H groups in total. The van der Waals surface area contributed by atoms with Crippen LogP contribution in [0, 0.1) is 13.8 Å². The maximum Gasteiger partial charge on any atom is 0.236 e. The summed E-state index contributed by atoms with van der Waals surface area (Å²) in [5.74, 6) is 0.169. The van der Waals surface area contributed by atoms with Crippen LogP contribution >= 0.6 is 0 Å². The monoisotopic (exact) mass is 262 g/mol. The minimum absolute atomic E-state index is 0.169. The summed E-state index contributed by atoms with van der Waals surface area (Å²) in [6, 6.07) is 6.63. The smallest absolute Gasteiger partial charge is 0.236 e. The van der Waals surface area contributed by atoms with E-state index in [2.05, 4.69) is 44.3 Å². The SMILES string of the molecule is CCN(CC)C(=O)CNC(C)c1cc(C)ccc1C. The highest BCUT2D eigenvalue weighted by atomic mass is 16.2. The standard InChI is InChI=1S/C16H26N2O/c1-6-18(7-2)16(19)11-17-14(5)15-10-12(3)8-9-13(15)4/h8-10,14,17H,6-7,11H2,1-5H3. The number of likely N-dealkylation sites (N-methyl/N-ethyl adjacent to an activating group) is 1. The Kier molecular flexibility index (Phi) is 6.03. The fraction of sp³-hybridized carbons (Fsp3) is 0.562. The Morgan fingerprint density at radius 3 is 2.47 bits per heavy atom. The lowest BCUT2D eigenvalue weighted by atomic mass is 10.00. The molecule has 3 heteroatoms. The van der Waals surface area contributed by atoms with Crippen molar-refractivity contribution in [3.05, 3.63) is 34.9 Å². The first-order chi connectivity index (χ1) is 8.99. The number of hydrogen-bond acceptors (Lipinski definition) is 2. The molecule has 0 aliphatic heterocycles. The number of amides is 1. The Morgan fingerprint density at radius 2 is 1.89 bits per heavy atom. The van der Waals surface area contributed by atoms with E-state index in [9.17, 15) is 4.79 Å². The van der Waals surface area contributed by atoms with Crippen molar-refractivity contribution in [3.63, 3.8) is 0 Å².